The van der Waals surface area contributed by atoms with Gasteiger partial charge in [-0.1, -0.05) is 43.1 Å². The van der Waals surface area contributed by atoms with Crippen molar-refractivity contribution in [1.82, 2.24) is 5.32 Å². The van der Waals surface area contributed by atoms with Crippen molar-refractivity contribution in [2.45, 2.75) is 43.2 Å². The summed E-state index contributed by atoms with van der Waals surface area (Å²) in [6.07, 6.45) is 3.39. The third-order valence-electron chi connectivity index (χ3n) is 3.51. The van der Waals surface area contributed by atoms with E-state index in [0.717, 1.165) is 30.0 Å². The molecule has 0 aromatic heterocycles. The number of hydrogen-bond acceptors (Lipinski definition) is 2. The van der Waals surface area contributed by atoms with Crippen LogP contribution in [-0.4, -0.2) is 22.0 Å². The van der Waals surface area contributed by atoms with Crippen LogP contribution >= 0.6 is 11.6 Å². The zero-order valence-corrected chi connectivity index (χ0v) is 12.3. The molecule has 0 spiro atoms. The smallest absolute Gasteiger partial charge is 0.0504 e. The lowest BCUT2D eigenvalue weighted by Crippen LogP contribution is -2.38. The van der Waals surface area contributed by atoms with E-state index in [9.17, 15) is 4.21 Å². The number of halogens is 1. The van der Waals surface area contributed by atoms with Gasteiger partial charge >= 0.3 is 0 Å². The largest absolute Gasteiger partial charge is 0.313 e. The first kappa shape index (κ1) is 14.0. The molecule has 2 nitrogen and oxygen atoms in total. The maximum absolute atomic E-state index is 12.5. The average molecular weight is 286 g/mol. The van der Waals surface area contributed by atoms with Crippen molar-refractivity contribution < 1.29 is 4.21 Å². The molecule has 3 atom stereocenters. The molecule has 1 aliphatic rings. The van der Waals surface area contributed by atoms with E-state index in [-0.39, 0.29) is 5.25 Å². The summed E-state index contributed by atoms with van der Waals surface area (Å²) in [5.74, 6) is 0.576. The van der Waals surface area contributed by atoms with Crippen LogP contribution in [0.4, 0.5) is 0 Å². The maximum Gasteiger partial charge on any atom is 0.0504 e. The van der Waals surface area contributed by atoms with Crippen LogP contribution in [0.2, 0.25) is 5.02 Å². The van der Waals surface area contributed by atoms with Crippen LogP contribution in [0.1, 0.15) is 31.7 Å². The Morgan fingerprint density at radius 1 is 1.39 bits per heavy atom. The Hall–Kier alpha value is -0.380. The fourth-order valence-corrected chi connectivity index (χ4v) is 4.69. The highest BCUT2D eigenvalue weighted by atomic mass is 35.5. The molecule has 1 aromatic carbocycles. The normalized spacial score (nSPS) is 25.2. The van der Waals surface area contributed by atoms with E-state index in [4.69, 9.17) is 11.6 Å². The summed E-state index contributed by atoms with van der Waals surface area (Å²) in [7, 11) is -0.835. The summed E-state index contributed by atoms with van der Waals surface area (Å²) in [5.41, 5.74) is 1.000. The minimum absolute atomic E-state index is 0.279. The van der Waals surface area contributed by atoms with Crippen molar-refractivity contribution in [1.29, 1.82) is 0 Å². The molecule has 4 heteroatoms. The molecule has 2 rings (SSSR count). The molecular formula is C14H20ClNOS. The van der Waals surface area contributed by atoms with E-state index >= 15 is 0 Å². The molecule has 0 amide bonds. The lowest BCUT2D eigenvalue weighted by atomic mass is 10.2. The van der Waals surface area contributed by atoms with Crippen molar-refractivity contribution >= 4 is 22.4 Å². The highest BCUT2D eigenvalue weighted by Crippen LogP contribution is 2.27. The molecule has 0 radical (unpaired) electrons. The first-order valence-electron chi connectivity index (χ1n) is 6.56. The molecule has 18 heavy (non-hydrogen) atoms. The van der Waals surface area contributed by atoms with Gasteiger partial charge in [0.25, 0.3) is 0 Å². The van der Waals surface area contributed by atoms with Gasteiger partial charge in [0.15, 0.2) is 0 Å². The molecule has 1 fully saturated rings. The molecule has 1 aromatic rings. The Labute approximate surface area is 117 Å². The van der Waals surface area contributed by atoms with Crippen LogP contribution < -0.4 is 5.32 Å². The van der Waals surface area contributed by atoms with Crippen LogP contribution in [-0.2, 0) is 16.6 Å². The molecule has 0 bridgehead atoms. The maximum atomic E-state index is 12.5. The minimum Gasteiger partial charge on any atom is -0.313 e. The fourth-order valence-electron chi connectivity index (χ4n) is 2.61. The molecule has 0 aliphatic heterocycles. The Kier molecular flexibility index (Phi) is 5.22. The predicted octanol–water partition coefficient (Wildman–Crippen LogP) is 3.12. The summed E-state index contributed by atoms with van der Waals surface area (Å²) < 4.78 is 12.5. The second kappa shape index (κ2) is 6.69. The minimum atomic E-state index is -0.835. The monoisotopic (exact) mass is 285 g/mol. The van der Waals surface area contributed by atoms with E-state index in [1.807, 2.05) is 24.3 Å². The van der Waals surface area contributed by atoms with Gasteiger partial charge in [-0.05, 0) is 31.0 Å². The van der Waals surface area contributed by atoms with Crippen LogP contribution in [0.5, 0.6) is 0 Å². The van der Waals surface area contributed by atoms with Crippen molar-refractivity contribution in [2.75, 3.05) is 6.54 Å². The summed E-state index contributed by atoms with van der Waals surface area (Å²) in [5, 5.41) is 4.45. The first-order valence-corrected chi connectivity index (χ1v) is 8.32. The van der Waals surface area contributed by atoms with E-state index in [1.165, 1.54) is 6.42 Å². The topological polar surface area (TPSA) is 29.1 Å². The number of benzene rings is 1. The fraction of sp³-hybridized carbons (Fsp3) is 0.571. The summed E-state index contributed by atoms with van der Waals surface area (Å²) in [6, 6.07) is 8.11. The molecule has 0 heterocycles. The lowest BCUT2D eigenvalue weighted by Gasteiger charge is -2.20. The number of nitrogens with one attached hydrogen (secondary N) is 1. The molecule has 0 saturated heterocycles. The lowest BCUT2D eigenvalue weighted by molar-refractivity contribution is 0.541. The summed E-state index contributed by atoms with van der Waals surface area (Å²) in [4.78, 5) is 0. The van der Waals surface area contributed by atoms with Crippen molar-refractivity contribution in [3.05, 3.63) is 34.9 Å². The number of rotatable bonds is 5. The summed E-state index contributed by atoms with van der Waals surface area (Å²) >= 11 is 6.12. The average Bonchev–Trinajstić information content (AvgIpc) is 2.81. The van der Waals surface area contributed by atoms with Crippen molar-refractivity contribution in [3.63, 3.8) is 0 Å². The SMILES string of the molecule is CCNC1CCCC1S(=O)Cc1ccccc1Cl. The van der Waals surface area contributed by atoms with Gasteiger partial charge in [0.1, 0.15) is 0 Å². The second-order valence-electron chi connectivity index (χ2n) is 4.75. The molecule has 1 aliphatic carbocycles. The van der Waals surface area contributed by atoms with Crippen molar-refractivity contribution in [3.8, 4) is 0 Å². The van der Waals surface area contributed by atoms with Crippen LogP contribution in [0, 0.1) is 0 Å². The van der Waals surface area contributed by atoms with Gasteiger partial charge in [-0.15, -0.1) is 0 Å². The van der Waals surface area contributed by atoms with Crippen LogP contribution in [0.25, 0.3) is 0 Å². The van der Waals surface area contributed by atoms with Gasteiger partial charge in [-0.25, -0.2) is 0 Å². The highest BCUT2D eigenvalue weighted by molar-refractivity contribution is 7.84. The molecule has 100 valence electrons. The third kappa shape index (κ3) is 3.34. The van der Waals surface area contributed by atoms with E-state index in [0.29, 0.717) is 11.8 Å². The Morgan fingerprint density at radius 2 is 2.17 bits per heavy atom. The van der Waals surface area contributed by atoms with Gasteiger partial charge in [0.2, 0.25) is 0 Å². The van der Waals surface area contributed by atoms with E-state index < -0.39 is 10.8 Å². The molecule has 3 unspecified atom stereocenters. The van der Waals surface area contributed by atoms with Crippen LogP contribution in [0.15, 0.2) is 24.3 Å². The van der Waals surface area contributed by atoms with E-state index in [2.05, 4.69) is 12.2 Å². The molecular weight excluding hydrogens is 266 g/mol. The molecule has 1 saturated carbocycles. The third-order valence-corrected chi connectivity index (χ3v) is 5.72. The van der Waals surface area contributed by atoms with Gasteiger partial charge in [-0.3, -0.25) is 4.21 Å². The highest BCUT2D eigenvalue weighted by Gasteiger charge is 2.31. The Bertz CT molecular complexity index is 424. The summed E-state index contributed by atoms with van der Waals surface area (Å²) in [6.45, 7) is 3.05. The number of hydrogen-bond donors (Lipinski definition) is 1. The van der Waals surface area contributed by atoms with Crippen LogP contribution in [0.3, 0.4) is 0 Å². The molecule has 1 N–H and O–H groups in total. The second-order valence-corrected chi connectivity index (χ2v) is 6.81. The van der Waals surface area contributed by atoms with E-state index in [1.54, 1.807) is 0 Å². The predicted molar refractivity (Wildman–Crippen MR) is 78.4 cm³/mol. The van der Waals surface area contributed by atoms with Gasteiger partial charge < -0.3 is 5.32 Å². The van der Waals surface area contributed by atoms with Crippen molar-refractivity contribution in [2.24, 2.45) is 0 Å². The zero-order valence-electron chi connectivity index (χ0n) is 10.7. The Morgan fingerprint density at radius 3 is 2.89 bits per heavy atom. The standard InChI is InChI=1S/C14H20ClNOS/c1-2-16-13-8-5-9-14(13)18(17)10-11-6-3-4-7-12(11)15/h3-4,6-7,13-14,16H,2,5,8-10H2,1H3. The first-order chi connectivity index (χ1) is 8.72. The van der Waals surface area contributed by atoms with Gasteiger partial charge in [-0.2, -0.15) is 0 Å². The zero-order chi connectivity index (χ0) is 13.0. The van der Waals surface area contributed by atoms with Gasteiger partial charge in [0.05, 0.1) is 11.0 Å². The quantitative estimate of drug-likeness (QED) is 0.901. The Balaban J connectivity index is 2.01. The van der Waals surface area contributed by atoms with Gasteiger partial charge in [0, 0.05) is 21.9 Å².